The molecule has 0 aliphatic rings. The zero-order chi connectivity index (χ0) is 21.1. The minimum atomic E-state index is -4.90. The Morgan fingerprint density at radius 3 is 2.29 bits per heavy atom. The van der Waals surface area contributed by atoms with E-state index in [1.165, 1.54) is 18.2 Å². The molecule has 2 aromatic carbocycles. The first-order chi connectivity index (χ1) is 13.1. The summed E-state index contributed by atoms with van der Waals surface area (Å²) in [5, 5.41) is 9.74. The number of rotatable bonds is 5. The van der Waals surface area contributed by atoms with Gasteiger partial charge in [-0.3, -0.25) is 0 Å². The average Bonchev–Trinajstić information content (AvgIpc) is 2.63. The van der Waals surface area contributed by atoms with Crippen LogP contribution in [-0.2, 0) is 10.9 Å². The number of hydrogen-bond donors (Lipinski definition) is 2. The first kappa shape index (κ1) is 21.4. The summed E-state index contributed by atoms with van der Waals surface area (Å²) >= 11 is 5.90. The Labute approximate surface area is 161 Å². The van der Waals surface area contributed by atoms with Crippen molar-refractivity contribution in [2.24, 2.45) is 0 Å². The van der Waals surface area contributed by atoms with Crippen LogP contribution in [-0.4, -0.2) is 19.3 Å². The number of benzene rings is 2. The molecule has 0 aromatic heterocycles. The second-order valence-electron chi connectivity index (χ2n) is 5.39. The quantitative estimate of drug-likeness (QED) is 0.381. The molecule has 2 rings (SSSR count). The first-order valence-corrected chi connectivity index (χ1v) is 7.88. The van der Waals surface area contributed by atoms with Gasteiger partial charge in [-0.05, 0) is 29.8 Å². The van der Waals surface area contributed by atoms with Crippen LogP contribution in [0.25, 0.3) is 5.57 Å². The Morgan fingerprint density at radius 1 is 1.18 bits per heavy atom. The van der Waals surface area contributed by atoms with Crippen molar-refractivity contribution in [3.8, 4) is 0 Å². The summed E-state index contributed by atoms with van der Waals surface area (Å²) in [7, 11) is 1.15. The van der Waals surface area contributed by atoms with Gasteiger partial charge >= 0.3 is 12.1 Å². The van der Waals surface area contributed by atoms with Crippen molar-refractivity contribution in [1.29, 1.82) is 5.41 Å². The average molecular weight is 419 g/mol. The van der Waals surface area contributed by atoms with Gasteiger partial charge in [-0.2, -0.15) is 13.2 Å². The number of halogens is 6. The number of alkyl halides is 3. The summed E-state index contributed by atoms with van der Waals surface area (Å²) in [6.45, 7) is 0. The zero-order valence-corrected chi connectivity index (χ0v) is 14.9. The van der Waals surface area contributed by atoms with Gasteiger partial charge in [0.25, 0.3) is 0 Å². The molecule has 0 amide bonds. The van der Waals surface area contributed by atoms with E-state index >= 15 is 0 Å². The Kier molecular flexibility index (Phi) is 6.40. The Bertz CT molecular complexity index is 934. The molecule has 0 bridgehead atoms. The molecule has 2 N–H and O–H groups in total. The van der Waals surface area contributed by atoms with E-state index in [1.54, 1.807) is 0 Å². The summed E-state index contributed by atoms with van der Waals surface area (Å²) in [6.07, 6.45) is -3.08. The second kappa shape index (κ2) is 8.39. The molecule has 0 atom stereocenters. The van der Waals surface area contributed by atoms with Gasteiger partial charge in [-0.25, -0.2) is 13.6 Å². The monoisotopic (exact) mass is 418 g/mol. The molecular formula is C18H12ClF5N2O2. The molecule has 10 heteroatoms. The SMILES string of the molecule is COC(=O)c1cc(/C(C=N)=C/Nc2c(F)cc(C(F)(F)F)cc2F)ccc1Cl. The topological polar surface area (TPSA) is 62.2 Å². The molecule has 0 fully saturated rings. The number of methoxy groups -OCH3 is 1. The fourth-order valence-electron chi connectivity index (χ4n) is 2.20. The van der Waals surface area contributed by atoms with E-state index in [2.05, 4.69) is 10.1 Å². The van der Waals surface area contributed by atoms with Gasteiger partial charge in [-0.1, -0.05) is 17.7 Å². The van der Waals surface area contributed by atoms with Crippen LogP contribution >= 0.6 is 11.6 Å². The minimum Gasteiger partial charge on any atom is -0.465 e. The number of esters is 1. The fraction of sp³-hybridized carbons (Fsp3) is 0.111. The minimum absolute atomic E-state index is 0.00121. The molecule has 0 aliphatic heterocycles. The smallest absolute Gasteiger partial charge is 0.416 e. The number of hydrogen-bond acceptors (Lipinski definition) is 4. The van der Waals surface area contributed by atoms with Gasteiger partial charge in [0.1, 0.15) is 17.3 Å². The lowest BCUT2D eigenvalue weighted by molar-refractivity contribution is -0.137. The lowest BCUT2D eigenvalue weighted by Gasteiger charge is -2.11. The van der Waals surface area contributed by atoms with Crippen LogP contribution in [0.1, 0.15) is 21.5 Å². The number of anilines is 1. The third-order valence-electron chi connectivity index (χ3n) is 3.60. The van der Waals surface area contributed by atoms with Crippen LogP contribution in [0, 0.1) is 17.0 Å². The Hall–Kier alpha value is -2.94. The fourth-order valence-corrected chi connectivity index (χ4v) is 2.40. The maximum Gasteiger partial charge on any atom is 0.416 e. The maximum absolute atomic E-state index is 13.9. The van der Waals surface area contributed by atoms with Crippen molar-refractivity contribution < 1.29 is 31.5 Å². The normalized spacial score (nSPS) is 11.9. The molecule has 0 saturated carbocycles. The summed E-state index contributed by atoms with van der Waals surface area (Å²) in [5.74, 6) is -3.65. The van der Waals surface area contributed by atoms with Crippen molar-refractivity contribution in [1.82, 2.24) is 0 Å². The number of allylic oxidation sites excluding steroid dienone is 1. The van der Waals surface area contributed by atoms with Crippen molar-refractivity contribution in [3.63, 3.8) is 0 Å². The molecular weight excluding hydrogens is 407 g/mol. The number of carbonyl (C=O) groups excluding carboxylic acids is 1. The Morgan fingerprint density at radius 2 is 1.79 bits per heavy atom. The van der Waals surface area contributed by atoms with Crippen LogP contribution in [0.5, 0.6) is 0 Å². The van der Waals surface area contributed by atoms with Crippen molar-refractivity contribution in [3.05, 3.63) is 69.9 Å². The van der Waals surface area contributed by atoms with Gasteiger partial charge < -0.3 is 15.5 Å². The predicted octanol–water partition coefficient (Wildman–Crippen LogP) is 5.53. The van der Waals surface area contributed by atoms with Gasteiger partial charge in [-0.15, -0.1) is 0 Å². The standard InChI is InChI=1S/C18H12ClF5N2O2/c1-28-17(27)12-4-9(2-3-13(12)19)10(7-25)8-26-16-14(20)5-11(6-15(16)21)18(22,23)24/h2-8,25-26H,1H3/b10-8+,25-7?. The second-order valence-corrected chi connectivity index (χ2v) is 5.79. The van der Waals surface area contributed by atoms with E-state index in [0.717, 1.165) is 19.5 Å². The third-order valence-corrected chi connectivity index (χ3v) is 3.93. The van der Waals surface area contributed by atoms with Crippen molar-refractivity contribution in [2.75, 3.05) is 12.4 Å². The summed E-state index contributed by atoms with van der Waals surface area (Å²) in [5.41, 5.74) is -1.94. The van der Waals surface area contributed by atoms with Gasteiger partial charge in [0.15, 0.2) is 0 Å². The number of nitrogens with one attached hydrogen (secondary N) is 2. The molecule has 4 nitrogen and oxygen atoms in total. The highest BCUT2D eigenvalue weighted by molar-refractivity contribution is 6.33. The number of ether oxygens (including phenoxy) is 1. The molecule has 2 aromatic rings. The van der Waals surface area contributed by atoms with E-state index < -0.39 is 35.0 Å². The molecule has 28 heavy (non-hydrogen) atoms. The van der Waals surface area contributed by atoms with E-state index in [1.807, 2.05) is 0 Å². The highest BCUT2D eigenvalue weighted by Crippen LogP contribution is 2.33. The molecule has 0 heterocycles. The van der Waals surface area contributed by atoms with Crippen molar-refractivity contribution >= 4 is 35.0 Å². The largest absolute Gasteiger partial charge is 0.465 e. The van der Waals surface area contributed by atoms with E-state index in [0.29, 0.717) is 0 Å². The zero-order valence-electron chi connectivity index (χ0n) is 14.1. The summed E-state index contributed by atoms with van der Waals surface area (Å²) in [6, 6.07) is 4.40. The maximum atomic E-state index is 13.9. The summed E-state index contributed by atoms with van der Waals surface area (Å²) < 4.78 is 70.1. The van der Waals surface area contributed by atoms with E-state index in [4.69, 9.17) is 17.0 Å². The van der Waals surface area contributed by atoms with Gasteiger partial charge in [0.05, 0.1) is 23.3 Å². The molecule has 0 spiro atoms. The number of carbonyl (C=O) groups is 1. The van der Waals surface area contributed by atoms with Crippen LogP contribution in [0.2, 0.25) is 5.02 Å². The van der Waals surface area contributed by atoms with Crippen LogP contribution in [0.4, 0.5) is 27.6 Å². The van der Waals surface area contributed by atoms with Crippen molar-refractivity contribution in [2.45, 2.75) is 6.18 Å². The Balaban J connectivity index is 2.40. The van der Waals surface area contributed by atoms with E-state index in [9.17, 15) is 26.7 Å². The van der Waals surface area contributed by atoms with Gasteiger partial charge in [0.2, 0.25) is 0 Å². The van der Waals surface area contributed by atoms with E-state index in [-0.39, 0.29) is 33.9 Å². The lowest BCUT2D eigenvalue weighted by atomic mass is 10.0. The first-order valence-electron chi connectivity index (χ1n) is 7.50. The molecule has 148 valence electrons. The molecule has 0 aliphatic carbocycles. The highest BCUT2D eigenvalue weighted by atomic mass is 35.5. The third kappa shape index (κ3) is 4.66. The summed E-state index contributed by atoms with van der Waals surface area (Å²) in [4.78, 5) is 11.7. The lowest BCUT2D eigenvalue weighted by Crippen LogP contribution is -2.08. The van der Waals surface area contributed by atoms with Crippen LogP contribution in [0.15, 0.2) is 36.5 Å². The van der Waals surface area contributed by atoms with Gasteiger partial charge in [0, 0.05) is 18.0 Å². The van der Waals surface area contributed by atoms with Crippen LogP contribution < -0.4 is 5.32 Å². The molecule has 0 unspecified atom stereocenters. The predicted molar refractivity (Wildman–Crippen MR) is 94.5 cm³/mol. The molecule has 0 radical (unpaired) electrons. The van der Waals surface area contributed by atoms with Crippen LogP contribution in [0.3, 0.4) is 0 Å². The molecule has 0 saturated heterocycles. The highest BCUT2D eigenvalue weighted by Gasteiger charge is 2.32.